The van der Waals surface area contributed by atoms with Crippen LogP contribution in [0.1, 0.15) is 41.0 Å². The molecule has 0 bridgehead atoms. The van der Waals surface area contributed by atoms with E-state index >= 15 is 0 Å². The van der Waals surface area contributed by atoms with Crippen molar-refractivity contribution in [1.82, 2.24) is 0 Å². The van der Waals surface area contributed by atoms with E-state index in [0.29, 0.717) is 5.92 Å². The van der Waals surface area contributed by atoms with Crippen molar-refractivity contribution in [2.24, 2.45) is 16.5 Å². The lowest BCUT2D eigenvalue weighted by atomic mass is 9.75. The zero-order chi connectivity index (χ0) is 10.6. The van der Waals surface area contributed by atoms with E-state index in [9.17, 15) is 0 Å². The Morgan fingerprint density at radius 1 is 1.54 bits per heavy atom. The van der Waals surface area contributed by atoms with Gasteiger partial charge in [0.15, 0.2) is 0 Å². The fourth-order valence-corrected chi connectivity index (χ4v) is 1.25. The first kappa shape index (κ1) is 12.2. The first-order valence-electron chi connectivity index (χ1n) is 4.76. The largest absolute Gasteiger partial charge is 0.411 e. The fourth-order valence-electron chi connectivity index (χ4n) is 1.25. The van der Waals surface area contributed by atoms with E-state index < -0.39 is 0 Å². The molecule has 0 aromatic carbocycles. The molecule has 2 heteroatoms. The molecule has 0 aliphatic heterocycles. The molecule has 13 heavy (non-hydrogen) atoms. The number of hydrogen-bond donors (Lipinski definition) is 1. The van der Waals surface area contributed by atoms with Crippen molar-refractivity contribution in [2.45, 2.75) is 41.0 Å². The Labute approximate surface area is 81.3 Å². The molecule has 0 saturated carbocycles. The summed E-state index contributed by atoms with van der Waals surface area (Å²) in [6.45, 7) is 14.1. The Hall–Kier alpha value is -0.790. The second kappa shape index (κ2) is 4.45. The zero-order valence-corrected chi connectivity index (χ0v) is 9.39. The van der Waals surface area contributed by atoms with Gasteiger partial charge in [0.2, 0.25) is 0 Å². The van der Waals surface area contributed by atoms with Crippen LogP contribution in [0.2, 0.25) is 0 Å². The minimum atomic E-state index is -0.204. The number of hydrogen-bond acceptors (Lipinski definition) is 2. The highest BCUT2D eigenvalue weighted by molar-refractivity contribution is 5.93. The highest BCUT2D eigenvalue weighted by Gasteiger charge is 2.29. The van der Waals surface area contributed by atoms with Crippen molar-refractivity contribution in [3.63, 3.8) is 0 Å². The lowest BCUT2D eigenvalue weighted by Gasteiger charge is -2.29. The summed E-state index contributed by atoms with van der Waals surface area (Å²) >= 11 is 0. The lowest BCUT2D eigenvalue weighted by Crippen LogP contribution is -2.30. The van der Waals surface area contributed by atoms with Crippen molar-refractivity contribution in [2.75, 3.05) is 0 Å². The minimum Gasteiger partial charge on any atom is -0.411 e. The Bertz CT molecular complexity index is 216. The van der Waals surface area contributed by atoms with Gasteiger partial charge in [-0.05, 0) is 19.3 Å². The van der Waals surface area contributed by atoms with Crippen molar-refractivity contribution in [3.05, 3.63) is 12.2 Å². The third kappa shape index (κ3) is 2.58. The molecule has 0 saturated heterocycles. The fraction of sp³-hybridized carbons (Fsp3) is 0.727. The van der Waals surface area contributed by atoms with E-state index in [-0.39, 0.29) is 5.41 Å². The maximum absolute atomic E-state index is 8.96. The molecule has 1 N–H and O–H groups in total. The second-order valence-electron chi connectivity index (χ2n) is 4.20. The molecule has 0 radical (unpaired) electrons. The molecule has 0 aliphatic carbocycles. The third-order valence-corrected chi connectivity index (χ3v) is 2.89. The first-order chi connectivity index (χ1) is 5.87. The van der Waals surface area contributed by atoms with Crippen molar-refractivity contribution < 1.29 is 5.21 Å². The summed E-state index contributed by atoms with van der Waals surface area (Å²) in [5.74, 6) is 0.302. The van der Waals surface area contributed by atoms with Gasteiger partial charge in [-0.15, -0.1) is 0 Å². The summed E-state index contributed by atoms with van der Waals surface area (Å²) in [4.78, 5) is 0. The van der Waals surface area contributed by atoms with Crippen LogP contribution in [0.5, 0.6) is 0 Å². The van der Waals surface area contributed by atoms with Gasteiger partial charge in [-0.2, -0.15) is 0 Å². The standard InChI is InChI=1S/C11H21NO/c1-7-9(4)10(12-13)11(5,6)8(2)3/h9,13H,2,7H2,1,3-6H3. The van der Waals surface area contributed by atoms with Crippen molar-refractivity contribution in [3.8, 4) is 0 Å². The maximum Gasteiger partial charge on any atom is 0.0694 e. The average molecular weight is 183 g/mol. The van der Waals surface area contributed by atoms with E-state index in [2.05, 4.69) is 25.6 Å². The van der Waals surface area contributed by atoms with Crippen molar-refractivity contribution in [1.29, 1.82) is 0 Å². The van der Waals surface area contributed by atoms with Gasteiger partial charge in [0.25, 0.3) is 0 Å². The van der Waals surface area contributed by atoms with Gasteiger partial charge in [0.1, 0.15) is 0 Å². The summed E-state index contributed by atoms with van der Waals surface area (Å²) in [7, 11) is 0. The first-order valence-corrected chi connectivity index (χ1v) is 4.76. The van der Waals surface area contributed by atoms with E-state index in [0.717, 1.165) is 17.7 Å². The topological polar surface area (TPSA) is 32.6 Å². The molecular formula is C11H21NO. The monoisotopic (exact) mass is 183 g/mol. The quantitative estimate of drug-likeness (QED) is 0.308. The van der Waals surface area contributed by atoms with Crippen LogP contribution in [0.4, 0.5) is 0 Å². The van der Waals surface area contributed by atoms with Gasteiger partial charge in [0, 0.05) is 5.41 Å². The highest BCUT2D eigenvalue weighted by atomic mass is 16.4. The van der Waals surface area contributed by atoms with Gasteiger partial charge < -0.3 is 5.21 Å². The smallest absolute Gasteiger partial charge is 0.0694 e. The summed E-state index contributed by atoms with van der Waals surface area (Å²) < 4.78 is 0. The normalized spacial score (nSPS) is 15.6. The molecule has 1 unspecified atom stereocenters. The summed E-state index contributed by atoms with van der Waals surface area (Å²) in [6.07, 6.45) is 0.982. The third-order valence-electron chi connectivity index (χ3n) is 2.89. The molecule has 0 rings (SSSR count). The molecule has 0 heterocycles. The summed E-state index contributed by atoms with van der Waals surface area (Å²) in [6, 6.07) is 0. The van der Waals surface area contributed by atoms with Crippen LogP contribution < -0.4 is 0 Å². The van der Waals surface area contributed by atoms with E-state index in [4.69, 9.17) is 5.21 Å². The van der Waals surface area contributed by atoms with E-state index in [1.165, 1.54) is 0 Å². The highest BCUT2D eigenvalue weighted by Crippen LogP contribution is 2.30. The molecule has 2 nitrogen and oxygen atoms in total. The van der Waals surface area contributed by atoms with Gasteiger partial charge >= 0.3 is 0 Å². The number of allylic oxidation sites excluding steroid dienone is 1. The maximum atomic E-state index is 8.96. The number of oxime groups is 1. The van der Waals surface area contributed by atoms with Crippen LogP contribution in [-0.2, 0) is 0 Å². The molecule has 0 spiro atoms. The predicted molar refractivity (Wildman–Crippen MR) is 57.3 cm³/mol. The molecule has 76 valence electrons. The number of nitrogens with zero attached hydrogens (tertiary/aromatic N) is 1. The summed E-state index contributed by atoms with van der Waals surface area (Å²) in [5.41, 5.74) is 1.65. The second-order valence-corrected chi connectivity index (χ2v) is 4.20. The van der Waals surface area contributed by atoms with Crippen LogP contribution in [0.25, 0.3) is 0 Å². The van der Waals surface area contributed by atoms with Gasteiger partial charge in [-0.25, -0.2) is 0 Å². The van der Waals surface area contributed by atoms with E-state index in [1.54, 1.807) is 0 Å². The van der Waals surface area contributed by atoms with Crippen molar-refractivity contribution >= 4 is 5.71 Å². The van der Waals surface area contributed by atoms with Crippen LogP contribution >= 0.6 is 0 Å². The Kier molecular flexibility index (Phi) is 4.18. The SMILES string of the molecule is C=C(C)C(C)(C)C(=NO)C(C)CC. The Balaban J connectivity index is 4.89. The Morgan fingerprint density at radius 3 is 2.23 bits per heavy atom. The molecule has 0 aromatic heterocycles. The number of rotatable bonds is 4. The average Bonchev–Trinajstić information content (AvgIpc) is 2.04. The van der Waals surface area contributed by atoms with E-state index in [1.807, 2.05) is 20.8 Å². The summed E-state index contributed by atoms with van der Waals surface area (Å²) in [5, 5.41) is 12.4. The van der Waals surface area contributed by atoms with Gasteiger partial charge in [-0.1, -0.05) is 45.0 Å². The Morgan fingerprint density at radius 2 is 2.00 bits per heavy atom. The van der Waals surface area contributed by atoms with Crippen LogP contribution in [0.15, 0.2) is 17.3 Å². The van der Waals surface area contributed by atoms with Crippen LogP contribution in [0.3, 0.4) is 0 Å². The molecule has 0 amide bonds. The van der Waals surface area contributed by atoms with Crippen LogP contribution in [-0.4, -0.2) is 10.9 Å². The lowest BCUT2D eigenvalue weighted by molar-refractivity contribution is 0.306. The molecule has 0 aliphatic rings. The molecular weight excluding hydrogens is 162 g/mol. The van der Waals surface area contributed by atoms with Gasteiger partial charge in [-0.3, -0.25) is 0 Å². The predicted octanol–water partition coefficient (Wildman–Crippen LogP) is 3.47. The minimum absolute atomic E-state index is 0.204. The molecule has 1 atom stereocenters. The molecule has 0 aromatic rings. The van der Waals surface area contributed by atoms with Crippen LogP contribution in [0, 0.1) is 11.3 Å². The molecule has 0 fully saturated rings. The zero-order valence-electron chi connectivity index (χ0n) is 9.39. The van der Waals surface area contributed by atoms with Gasteiger partial charge in [0.05, 0.1) is 5.71 Å².